The quantitative estimate of drug-likeness (QED) is 0.539. The fourth-order valence-electron chi connectivity index (χ4n) is 2.54. The molecule has 0 unspecified atom stereocenters. The Morgan fingerprint density at radius 3 is 2.67 bits per heavy atom. The minimum absolute atomic E-state index is 0.0664. The maximum atomic E-state index is 12.1. The van der Waals surface area contributed by atoms with Gasteiger partial charge in [0.05, 0.1) is 23.9 Å². The number of halogens is 1. The van der Waals surface area contributed by atoms with Crippen molar-refractivity contribution in [2.24, 2.45) is 0 Å². The fourth-order valence-corrected chi connectivity index (χ4v) is 2.77. The summed E-state index contributed by atoms with van der Waals surface area (Å²) in [4.78, 5) is 12.1. The summed E-state index contributed by atoms with van der Waals surface area (Å²) in [6.45, 7) is 4.26. The molecule has 2 aromatic carbocycles. The van der Waals surface area contributed by atoms with Gasteiger partial charge in [0.25, 0.3) is 0 Å². The second-order valence-corrected chi connectivity index (χ2v) is 6.36. The number of carbonyl (C=O) groups is 1. The first-order valence-corrected chi connectivity index (χ1v) is 9.62. The summed E-state index contributed by atoms with van der Waals surface area (Å²) in [5, 5.41) is 6.51. The molecule has 0 radical (unpaired) electrons. The molecule has 0 bridgehead atoms. The molecular formula is C21H27ClN2O3. The third-order valence-electron chi connectivity index (χ3n) is 3.89. The van der Waals surface area contributed by atoms with Crippen LogP contribution in [0.1, 0.15) is 18.9 Å². The molecule has 0 aromatic heterocycles. The van der Waals surface area contributed by atoms with Gasteiger partial charge in [0.2, 0.25) is 5.91 Å². The maximum absolute atomic E-state index is 12.1. The van der Waals surface area contributed by atoms with Gasteiger partial charge < -0.3 is 20.1 Å². The highest BCUT2D eigenvalue weighted by Gasteiger charge is 2.10. The van der Waals surface area contributed by atoms with Crippen LogP contribution in [0.25, 0.3) is 0 Å². The van der Waals surface area contributed by atoms with Crippen LogP contribution in [0, 0.1) is 0 Å². The first-order valence-electron chi connectivity index (χ1n) is 9.24. The molecule has 0 aliphatic rings. The summed E-state index contributed by atoms with van der Waals surface area (Å²) in [5.74, 6) is 0.471. The average molecular weight is 391 g/mol. The standard InChI is InChI=1S/C21H27ClN2O3/c1-2-26-14-15-27-21-18(22)11-6-12-19(21)24-16-20(25)23-13-7-10-17-8-4-3-5-9-17/h3-6,8-9,11-12,24H,2,7,10,13-16H2,1H3,(H,23,25). The lowest BCUT2D eigenvalue weighted by molar-refractivity contribution is -0.119. The van der Waals surface area contributed by atoms with Crippen molar-refractivity contribution in [1.82, 2.24) is 5.32 Å². The van der Waals surface area contributed by atoms with Gasteiger partial charge in [0, 0.05) is 13.2 Å². The summed E-state index contributed by atoms with van der Waals surface area (Å²) in [5.41, 5.74) is 1.97. The van der Waals surface area contributed by atoms with Gasteiger partial charge in [-0.1, -0.05) is 48.0 Å². The van der Waals surface area contributed by atoms with E-state index in [1.54, 1.807) is 6.07 Å². The molecule has 27 heavy (non-hydrogen) atoms. The number of ether oxygens (including phenoxy) is 2. The van der Waals surface area contributed by atoms with Gasteiger partial charge in [-0.15, -0.1) is 0 Å². The molecule has 0 atom stereocenters. The topological polar surface area (TPSA) is 59.6 Å². The molecular weight excluding hydrogens is 364 g/mol. The lowest BCUT2D eigenvalue weighted by Gasteiger charge is -2.14. The van der Waals surface area contributed by atoms with E-state index in [4.69, 9.17) is 21.1 Å². The Kier molecular flexibility index (Phi) is 9.52. The van der Waals surface area contributed by atoms with Crippen molar-refractivity contribution in [2.75, 3.05) is 38.2 Å². The Bertz CT molecular complexity index is 695. The van der Waals surface area contributed by atoms with Gasteiger partial charge in [0.15, 0.2) is 5.75 Å². The highest BCUT2D eigenvalue weighted by Crippen LogP contribution is 2.32. The third-order valence-corrected chi connectivity index (χ3v) is 4.19. The summed E-state index contributed by atoms with van der Waals surface area (Å²) in [7, 11) is 0. The predicted molar refractivity (Wildman–Crippen MR) is 110 cm³/mol. The molecule has 2 N–H and O–H groups in total. The van der Waals surface area contributed by atoms with Gasteiger partial charge >= 0.3 is 0 Å². The molecule has 5 nitrogen and oxygen atoms in total. The molecule has 2 aromatic rings. The van der Waals surface area contributed by atoms with Crippen molar-refractivity contribution in [1.29, 1.82) is 0 Å². The molecule has 0 aliphatic carbocycles. The molecule has 0 heterocycles. The second kappa shape index (κ2) is 12.2. The van der Waals surface area contributed by atoms with Crippen molar-refractivity contribution >= 4 is 23.2 Å². The number of hydrogen-bond acceptors (Lipinski definition) is 4. The fraction of sp³-hybridized carbons (Fsp3) is 0.381. The summed E-state index contributed by atoms with van der Waals surface area (Å²) < 4.78 is 11.0. The van der Waals surface area contributed by atoms with Crippen LogP contribution < -0.4 is 15.4 Å². The van der Waals surface area contributed by atoms with Gasteiger partial charge in [0.1, 0.15) is 6.61 Å². The average Bonchev–Trinajstić information content (AvgIpc) is 2.69. The van der Waals surface area contributed by atoms with Crippen molar-refractivity contribution in [2.45, 2.75) is 19.8 Å². The molecule has 0 aliphatic heterocycles. The van der Waals surface area contributed by atoms with Crippen LogP contribution in [0.4, 0.5) is 5.69 Å². The highest BCUT2D eigenvalue weighted by molar-refractivity contribution is 6.32. The molecule has 0 fully saturated rings. The largest absolute Gasteiger partial charge is 0.487 e. The number of benzene rings is 2. The summed E-state index contributed by atoms with van der Waals surface area (Å²) in [6.07, 6.45) is 1.85. The molecule has 1 amide bonds. The molecule has 2 rings (SSSR count). The van der Waals surface area contributed by atoms with Gasteiger partial charge in [-0.05, 0) is 37.5 Å². The molecule has 146 valence electrons. The van der Waals surface area contributed by atoms with E-state index in [0.29, 0.717) is 42.8 Å². The number of aryl methyl sites for hydroxylation is 1. The number of anilines is 1. The van der Waals surface area contributed by atoms with Crippen molar-refractivity contribution < 1.29 is 14.3 Å². The van der Waals surface area contributed by atoms with Gasteiger partial charge in [-0.2, -0.15) is 0 Å². The lowest BCUT2D eigenvalue weighted by Crippen LogP contribution is -2.30. The van der Waals surface area contributed by atoms with Crippen molar-refractivity contribution in [3.8, 4) is 5.75 Å². The van der Waals surface area contributed by atoms with E-state index in [-0.39, 0.29) is 12.5 Å². The minimum atomic E-state index is -0.0664. The number of hydrogen-bond donors (Lipinski definition) is 2. The van der Waals surface area contributed by atoms with E-state index in [0.717, 1.165) is 12.8 Å². The Labute approximate surface area is 166 Å². The smallest absolute Gasteiger partial charge is 0.239 e. The zero-order valence-electron chi connectivity index (χ0n) is 15.7. The lowest BCUT2D eigenvalue weighted by atomic mass is 10.1. The van der Waals surface area contributed by atoms with Crippen LogP contribution in [-0.2, 0) is 16.0 Å². The van der Waals surface area contributed by atoms with Crippen molar-refractivity contribution in [3.63, 3.8) is 0 Å². The number of para-hydroxylation sites is 1. The number of nitrogens with one attached hydrogen (secondary N) is 2. The zero-order valence-corrected chi connectivity index (χ0v) is 16.4. The molecule has 6 heteroatoms. The van der Waals surface area contributed by atoms with E-state index in [9.17, 15) is 4.79 Å². The van der Waals surface area contributed by atoms with Crippen LogP contribution >= 0.6 is 11.6 Å². The van der Waals surface area contributed by atoms with E-state index < -0.39 is 0 Å². The van der Waals surface area contributed by atoms with Gasteiger partial charge in [-0.3, -0.25) is 4.79 Å². The van der Waals surface area contributed by atoms with Crippen LogP contribution in [0.3, 0.4) is 0 Å². The Hall–Kier alpha value is -2.24. The number of amides is 1. The molecule has 0 spiro atoms. The summed E-state index contributed by atoms with van der Waals surface area (Å²) >= 11 is 6.21. The predicted octanol–water partition coefficient (Wildman–Crippen LogP) is 3.92. The summed E-state index contributed by atoms with van der Waals surface area (Å²) in [6, 6.07) is 15.6. The Balaban J connectivity index is 1.73. The Morgan fingerprint density at radius 1 is 1.07 bits per heavy atom. The van der Waals surface area contributed by atoms with E-state index in [1.807, 2.05) is 37.3 Å². The van der Waals surface area contributed by atoms with Gasteiger partial charge in [-0.25, -0.2) is 0 Å². The number of rotatable bonds is 12. The van der Waals surface area contributed by atoms with E-state index in [2.05, 4.69) is 22.8 Å². The maximum Gasteiger partial charge on any atom is 0.239 e. The number of carbonyl (C=O) groups excluding carboxylic acids is 1. The zero-order chi connectivity index (χ0) is 19.3. The minimum Gasteiger partial charge on any atom is -0.487 e. The first-order chi connectivity index (χ1) is 13.2. The van der Waals surface area contributed by atoms with Crippen LogP contribution in [0.2, 0.25) is 5.02 Å². The molecule has 0 saturated heterocycles. The van der Waals surface area contributed by atoms with Crippen LogP contribution in [0.5, 0.6) is 5.75 Å². The first kappa shape index (κ1) is 21.1. The second-order valence-electron chi connectivity index (χ2n) is 5.95. The Morgan fingerprint density at radius 2 is 1.89 bits per heavy atom. The normalized spacial score (nSPS) is 10.4. The van der Waals surface area contributed by atoms with Crippen LogP contribution in [0.15, 0.2) is 48.5 Å². The van der Waals surface area contributed by atoms with E-state index >= 15 is 0 Å². The van der Waals surface area contributed by atoms with E-state index in [1.165, 1.54) is 5.56 Å². The SMILES string of the molecule is CCOCCOc1c(Cl)cccc1NCC(=O)NCCCc1ccccc1. The van der Waals surface area contributed by atoms with Crippen LogP contribution in [-0.4, -0.2) is 38.8 Å². The monoisotopic (exact) mass is 390 g/mol. The molecule has 0 saturated carbocycles. The highest BCUT2D eigenvalue weighted by atomic mass is 35.5. The van der Waals surface area contributed by atoms with Crippen molar-refractivity contribution in [3.05, 3.63) is 59.1 Å². The third kappa shape index (κ3) is 7.89.